The van der Waals surface area contributed by atoms with E-state index in [1.807, 2.05) is 42.2 Å². The molecule has 1 aromatic rings. The van der Waals surface area contributed by atoms with E-state index in [0.29, 0.717) is 6.54 Å². The first kappa shape index (κ1) is 12.6. The maximum absolute atomic E-state index is 11.8. The third kappa shape index (κ3) is 3.93. The zero-order valence-electron chi connectivity index (χ0n) is 10.1. The number of carbonyl (C=O) groups excluding carboxylic acids is 1. The Balaban J connectivity index is 2.40. The highest BCUT2D eigenvalue weighted by Gasteiger charge is 2.09. The Morgan fingerprint density at radius 2 is 1.94 bits per heavy atom. The Morgan fingerprint density at radius 3 is 2.50 bits per heavy atom. The quantitative estimate of drug-likeness (QED) is 0.798. The Kier molecular flexibility index (Phi) is 5.40. The van der Waals surface area contributed by atoms with Crippen LogP contribution in [0.25, 0.3) is 0 Å². The highest BCUT2D eigenvalue weighted by atomic mass is 16.2. The highest BCUT2D eigenvalue weighted by Crippen LogP contribution is 2.04. The van der Waals surface area contributed by atoms with Gasteiger partial charge in [0.15, 0.2) is 0 Å². The lowest BCUT2D eigenvalue weighted by molar-refractivity contribution is -0.129. The fraction of sp³-hybridized carbons (Fsp3) is 0.462. The summed E-state index contributed by atoms with van der Waals surface area (Å²) in [5, 5.41) is 3.13. The van der Waals surface area contributed by atoms with Crippen molar-refractivity contribution in [2.75, 3.05) is 25.0 Å². The number of anilines is 1. The molecule has 0 saturated carbocycles. The monoisotopic (exact) mass is 220 g/mol. The summed E-state index contributed by atoms with van der Waals surface area (Å²) in [6, 6.07) is 9.79. The van der Waals surface area contributed by atoms with Crippen molar-refractivity contribution in [2.24, 2.45) is 0 Å². The smallest absolute Gasteiger partial charge is 0.241 e. The molecule has 0 heterocycles. The van der Waals surface area contributed by atoms with Crippen LogP contribution in [0.5, 0.6) is 0 Å². The number of likely N-dealkylation sites (N-methyl/N-ethyl adjacent to an activating group) is 1. The molecule has 0 aliphatic heterocycles. The molecule has 0 unspecified atom stereocenters. The molecule has 16 heavy (non-hydrogen) atoms. The molecule has 3 nitrogen and oxygen atoms in total. The van der Waals surface area contributed by atoms with Crippen LogP contribution in [0.2, 0.25) is 0 Å². The highest BCUT2D eigenvalue weighted by molar-refractivity contribution is 5.80. The van der Waals surface area contributed by atoms with Crippen molar-refractivity contribution in [3.8, 4) is 0 Å². The van der Waals surface area contributed by atoms with Gasteiger partial charge in [-0.3, -0.25) is 4.79 Å². The van der Waals surface area contributed by atoms with Crippen LogP contribution >= 0.6 is 0 Å². The maximum atomic E-state index is 11.8. The largest absolute Gasteiger partial charge is 0.376 e. The van der Waals surface area contributed by atoms with E-state index in [2.05, 4.69) is 12.2 Å². The summed E-state index contributed by atoms with van der Waals surface area (Å²) in [5.74, 6) is 0.160. The van der Waals surface area contributed by atoms with Crippen LogP contribution in [-0.2, 0) is 4.79 Å². The van der Waals surface area contributed by atoms with E-state index in [4.69, 9.17) is 0 Å². The van der Waals surface area contributed by atoms with Crippen LogP contribution in [0.15, 0.2) is 30.3 Å². The van der Waals surface area contributed by atoms with Crippen molar-refractivity contribution in [2.45, 2.75) is 20.3 Å². The molecule has 0 radical (unpaired) electrons. The van der Waals surface area contributed by atoms with E-state index < -0.39 is 0 Å². The SMILES string of the molecule is CCCN(CC)C(=O)CNc1ccccc1. The molecule has 1 rings (SSSR count). The van der Waals surface area contributed by atoms with E-state index in [1.54, 1.807) is 0 Å². The summed E-state index contributed by atoms with van der Waals surface area (Å²) in [6.45, 7) is 6.09. The van der Waals surface area contributed by atoms with Gasteiger partial charge in [0.05, 0.1) is 6.54 Å². The Bertz CT molecular complexity index is 311. The van der Waals surface area contributed by atoms with Gasteiger partial charge in [-0.2, -0.15) is 0 Å². The minimum absolute atomic E-state index is 0.160. The molecule has 0 aromatic heterocycles. The minimum Gasteiger partial charge on any atom is -0.376 e. The van der Waals surface area contributed by atoms with Gasteiger partial charge in [0.2, 0.25) is 5.91 Å². The summed E-state index contributed by atoms with van der Waals surface area (Å²) >= 11 is 0. The van der Waals surface area contributed by atoms with Crippen LogP contribution in [0.4, 0.5) is 5.69 Å². The number of rotatable bonds is 6. The second-order valence-electron chi connectivity index (χ2n) is 3.69. The number of para-hydroxylation sites is 1. The van der Waals surface area contributed by atoms with Gasteiger partial charge in [-0.1, -0.05) is 25.1 Å². The molecular formula is C13H20N2O. The van der Waals surface area contributed by atoms with Crippen molar-refractivity contribution < 1.29 is 4.79 Å². The van der Waals surface area contributed by atoms with Crippen molar-refractivity contribution >= 4 is 11.6 Å². The number of benzene rings is 1. The van der Waals surface area contributed by atoms with Gasteiger partial charge in [0.25, 0.3) is 0 Å². The van der Waals surface area contributed by atoms with Gasteiger partial charge in [-0.25, -0.2) is 0 Å². The van der Waals surface area contributed by atoms with Gasteiger partial charge in [-0.05, 0) is 25.5 Å². The lowest BCUT2D eigenvalue weighted by Gasteiger charge is -2.20. The van der Waals surface area contributed by atoms with Gasteiger partial charge >= 0.3 is 0 Å². The second kappa shape index (κ2) is 6.88. The first-order valence-corrected chi connectivity index (χ1v) is 5.84. The van der Waals surface area contributed by atoms with Crippen LogP contribution < -0.4 is 5.32 Å². The molecule has 88 valence electrons. The number of carbonyl (C=O) groups is 1. The van der Waals surface area contributed by atoms with Crippen LogP contribution in [0.3, 0.4) is 0 Å². The molecule has 0 aliphatic carbocycles. The van der Waals surface area contributed by atoms with E-state index in [0.717, 1.165) is 25.2 Å². The average Bonchev–Trinajstić information content (AvgIpc) is 2.34. The lowest BCUT2D eigenvalue weighted by atomic mass is 10.3. The fourth-order valence-corrected chi connectivity index (χ4v) is 1.57. The Labute approximate surface area is 97.5 Å². The van der Waals surface area contributed by atoms with Crippen molar-refractivity contribution in [3.05, 3.63) is 30.3 Å². The normalized spacial score (nSPS) is 9.88. The molecule has 0 aliphatic rings. The van der Waals surface area contributed by atoms with Crippen LogP contribution in [-0.4, -0.2) is 30.4 Å². The standard InChI is InChI=1S/C13H20N2O/c1-3-10-15(4-2)13(16)11-14-12-8-6-5-7-9-12/h5-9,14H,3-4,10-11H2,1-2H3. The molecule has 1 amide bonds. The predicted molar refractivity (Wildman–Crippen MR) is 67.5 cm³/mol. The topological polar surface area (TPSA) is 32.3 Å². The van der Waals surface area contributed by atoms with Gasteiger partial charge < -0.3 is 10.2 Å². The molecule has 0 saturated heterocycles. The van der Waals surface area contributed by atoms with Crippen LogP contribution in [0.1, 0.15) is 20.3 Å². The van der Waals surface area contributed by atoms with E-state index in [9.17, 15) is 4.79 Å². The molecule has 1 N–H and O–H groups in total. The van der Waals surface area contributed by atoms with Crippen molar-refractivity contribution in [1.29, 1.82) is 0 Å². The third-order valence-electron chi connectivity index (χ3n) is 2.45. The van der Waals surface area contributed by atoms with Gasteiger partial charge in [-0.15, -0.1) is 0 Å². The second-order valence-corrected chi connectivity index (χ2v) is 3.69. The Morgan fingerprint density at radius 1 is 1.25 bits per heavy atom. The average molecular weight is 220 g/mol. The molecule has 0 bridgehead atoms. The summed E-state index contributed by atoms with van der Waals surface area (Å²) in [7, 11) is 0. The summed E-state index contributed by atoms with van der Waals surface area (Å²) in [4.78, 5) is 13.7. The molecular weight excluding hydrogens is 200 g/mol. The number of amides is 1. The lowest BCUT2D eigenvalue weighted by Crippen LogP contribution is -2.35. The van der Waals surface area contributed by atoms with E-state index in [-0.39, 0.29) is 5.91 Å². The molecule has 3 heteroatoms. The molecule has 0 atom stereocenters. The predicted octanol–water partition coefficient (Wildman–Crippen LogP) is 2.36. The molecule has 0 spiro atoms. The van der Waals surface area contributed by atoms with E-state index >= 15 is 0 Å². The summed E-state index contributed by atoms with van der Waals surface area (Å²) in [6.07, 6.45) is 1.00. The minimum atomic E-state index is 0.160. The first-order valence-electron chi connectivity index (χ1n) is 5.84. The first-order chi connectivity index (χ1) is 7.77. The van der Waals surface area contributed by atoms with E-state index in [1.165, 1.54) is 0 Å². The molecule has 0 fully saturated rings. The number of nitrogens with one attached hydrogen (secondary N) is 1. The number of hydrogen-bond acceptors (Lipinski definition) is 2. The maximum Gasteiger partial charge on any atom is 0.241 e. The van der Waals surface area contributed by atoms with Crippen LogP contribution in [0, 0.1) is 0 Å². The Hall–Kier alpha value is -1.51. The number of nitrogens with zero attached hydrogens (tertiary/aromatic N) is 1. The van der Waals surface area contributed by atoms with Crippen molar-refractivity contribution in [1.82, 2.24) is 4.90 Å². The van der Waals surface area contributed by atoms with Gasteiger partial charge in [0.1, 0.15) is 0 Å². The summed E-state index contributed by atoms with van der Waals surface area (Å²) in [5.41, 5.74) is 0.989. The third-order valence-corrected chi connectivity index (χ3v) is 2.45. The summed E-state index contributed by atoms with van der Waals surface area (Å²) < 4.78 is 0. The number of hydrogen-bond donors (Lipinski definition) is 1. The zero-order chi connectivity index (χ0) is 11.8. The fourth-order valence-electron chi connectivity index (χ4n) is 1.57. The van der Waals surface area contributed by atoms with Crippen molar-refractivity contribution in [3.63, 3.8) is 0 Å². The zero-order valence-corrected chi connectivity index (χ0v) is 10.1. The van der Waals surface area contributed by atoms with Gasteiger partial charge in [0, 0.05) is 18.8 Å². The molecule has 1 aromatic carbocycles.